The number of likely N-dealkylation sites (tertiary alicyclic amines) is 1. The van der Waals surface area contributed by atoms with Gasteiger partial charge in [0.1, 0.15) is 11.5 Å². The van der Waals surface area contributed by atoms with Crippen LogP contribution in [0.25, 0.3) is 5.76 Å². The van der Waals surface area contributed by atoms with Crippen molar-refractivity contribution < 1.29 is 19.4 Å². The first kappa shape index (κ1) is 22.6. The van der Waals surface area contributed by atoms with Gasteiger partial charge in [-0.15, -0.1) is 0 Å². The van der Waals surface area contributed by atoms with E-state index in [0.29, 0.717) is 21.9 Å². The van der Waals surface area contributed by atoms with E-state index in [9.17, 15) is 14.7 Å². The van der Waals surface area contributed by atoms with E-state index in [1.807, 2.05) is 19.9 Å². The lowest BCUT2D eigenvalue weighted by Gasteiger charge is -2.25. The lowest BCUT2D eigenvalue weighted by Crippen LogP contribution is -2.29. The summed E-state index contributed by atoms with van der Waals surface area (Å²) >= 11 is 6.07. The molecule has 2 heterocycles. The van der Waals surface area contributed by atoms with Crippen molar-refractivity contribution in [3.05, 3.63) is 99.3 Å². The Kier molecular flexibility index (Phi) is 6.20. The van der Waals surface area contributed by atoms with E-state index in [-0.39, 0.29) is 17.9 Å². The molecule has 0 aliphatic carbocycles. The second-order valence-corrected chi connectivity index (χ2v) is 8.41. The van der Waals surface area contributed by atoms with E-state index in [0.717, 1.165) is 16.7 Å². The molecule has 1 N–H and O–H groups in total. The van der Waals surface area contributed by atoms with Gasteiger partial charge in [-0.1, -0.05) is 29.8 Å². The average molecular weight is 463 g/mol. The number of aliphatic hydroxyl groups excluding tert-OH is 1. The fourth-order valence-corrected chi connectivity index (χ4v) is 4.26. The first-order valence-corrected chi connectivity index (χ1v) is 10.8. The van der Waals surface area contributed by atoms with Crippen LogP contribution in [0.2, 0.25) is 5.02 Å². The number of carbonyl (C=O) groups is 2. The quantitative estimate of drug-likeness (QED) is 0.328. The highest BCUT2D eigenvalue weighted by Crippen LogP contribution is 2.41. The Hall–Kier alpha value is -3.64. The third-order valence-corrected chi connectivity index (χ3v) is 6.05. The number of ketones is 1. The molecule has 1 aliphatic heterocycles. The van der Waals surface area contributed by atoms with Gasteiger partial charge >= 0.3 is 0 Å². The summed E-state index contributed by atoms with van der Waals surface area (Å²) in [6, 6.07) is 13.3. The number of halogens is 1. The largest absolute Gasteiger partial charge is 0.507 e. The highest BCUT2D eigenvalue weighted by atomic mass is 35.5. The van der Waals surface area contributed by atoms with Crippen molar-refractivity contribution in [3.63, 3.8) is 0 Å². The molecule has 1 amide bonds. The zero-order chi connectivity index (χ0) is 23.7. The Morgan fingerprint density at radius 1 is 1.12 bits per heavy atom. The normalized spacial score (nSPS) is 17.5. The van der Waals surface area contributed by atoms with Gasteiger partial charge in [0.05, 0.1) is 18.7 Å². The molecule has 7 heteroatoms. The Morgan fingerprint density at radius 3 is 2.48 bits per heavy atom. The van der Waals surface area contributed by atoms with Crippen LogP contribution in [0.5, 0.6) is 5.75 Å². The molecule has 1 atom stereocenters. The average Bonchev–Trinajstić information content (AvgIpc) is 3.06. The Bertz CT molecular complexity index is 1250. The molecule has 6 nitrogen and oxygen atoms in total. The minimum Gasteiger partial charge on any atom is -0.507 e. The van der Waals surface area contributed by atoms with Gasteiger partial charge in [-0.05, 0) is 66.4 Å². The maximum absolute atomic E-state index is 13.2. The first-order valence-electron chi connectivity index (χ1n) is 10.4. The second-order valence-electron chi connectivity index (χ2n) is 7.98. The number of pyridine rings is 1. The van der Waals surface area contributed by atoms with Gasteiger partial charge < -0.3 is 14.7 Å². The highest BCUT2D eigenvalue weighted by Gasteiger charge is 2.46. The number of nitrogens with zero attached hydrogens (tertiary/aromatic N) is 2. The van der Waals surface area contributed by atoms with E-state index >= 15 is 0 Å². The molecular weight excluding hydrogens is 440 g/mol. The Morgan fingerprint density at radius 2 is 1.85 bits per heavy atom. The molecule has 0 saturated carbocycles. The van der Waals surface area contributed by atoms with Crippen LogP contribution in [0.3, 0.4) is 0 Å². The van der Waals surface area contributed by atoms with Gasteiger partial charge in [0, 0.05) is 29.5 Å². The third kappa shape index (κ3) is 4.22. The molecule has 0 bridgehead atoms. The summed E-state index contributed by atoms with van der Waals surface area (Å²) in [7, 11) is 1.58. The predicted molar refractivity (Wildman–Crippen MR) is 126 cm³/mol. The Labute approximate surface area is 197 Å². The third-order valence-electron chi connectivity index (χ3n) is 5.80. The minimum atomic E-state index is -0.774. The lowest BCUT2D eigenvalue weighted by atomic mass is 9.93. The summed E-state index contributed by atoms with van der Waals surface area (Å²) in [5.41, 5.74) is 3.49. The van der Waals surface area contributed by atoms with Crippen molar-refractivity contribution in [2.75, 3.05) is 7.11 Å². The van der Waals surface area contributed by atoms with Crippen LogP contribution in [0, 0.1) is 13.8 Å². The van der Waals surface area contributed by atoms with Gasteiger partial charge in [-0.25, -0.2) is 0 Å². The first-order chi connectivity index (χ1) is 15.8. The van der Waals surface area contributed by atoms with E-state index < -0.39 is 17.7 Å². The fraction of sp³-hybridized carbons (Fsp3) is 0.192. The predicted octanol–water partition coefficient (Wildman–Crippen LogP) is 4.98. The van der Waals surface area contributed by atoms with Gasteiger partial charge in [-0.3, -0.25) is 14.6 Å². The summed E-state index contributed by atoms with van der Waals surface area (Å²) in [6.45, 7) is 3.84. The number of hydrogen-bond donors (Lipinski definition) is 1. The molecule has 0 radical (unpaired) electrons. The van der Waals surface area contributed by atoms with E-state index in [1.54, 1.807) is 62.0 Å². The topological polar surface area (TPSA) is 79.7 Å². The van der Waals surface area contributed by atoms with E-state index in [4.69, 9.17) is 16.3 Å². The molecule has 33 heavy (non-hydrogen) atoms. The fourth-order valence-electron chi connectivity index (χ4n) is 4.13. The smallest absolute Gasteiger partial charge is 0.295 e. The molecule has 4 rings (SSSR count). The van der Waals surface area contributed by atoms with E-state index in [2.05, 4.69) is 4.98 Å². The number of carbonyl (C=O) groups excluding carboxylic acids is 2. The zero-order valence-corrected chi connectivity index (χ0v) is 19.3. The summed E-state index contributed by atoms with van der Waals surface area (Å²) in [5.74, 6) is -0.951. The van der Waals surface area contributed by atoms with Crippen LogP contribution in [0.15, 0.2) is 66.5 Å². The molecule has 1 aliphatic rings. The van der Waals surface area contributed by atoms with Crippen molar-refractivity contribution in [1.29, 1.82) is 0 Å². The number of hydrogen-bond acceptors (Lipinski definition) is 5. The molecule has 1 saturated heterocycles. The van der Waals surface area contributed by atoms with Crippen LogP contribution in [-0.2, 0) is 16.1 Å². The number of ether oxygens (including phenoxy) is 1. The summed E-state index contributed by atoms with van der Waals surface area (Å²) in [6.07, 6.45) is 3.29. The number of aryl methyl sites for hydroxylation is 2. The number of rotatable bonds is 5. The highest BCUT2D eigenvalue weighted by molar-refractivity contribution is 6.46. The summed E-state index contributed by atoms with van der Waals surface area (Å²) in [4.78, 5) is 31.9. The van der Waals surface area contributed by atoms with Gasteiger partial charge in [0.15, 0.2) is 0 Å². The molecule has 168 valence electrons. The molecule has 0 spiro atoms. The zero-order valence-electron chi connectivity index (χ0n) is 18.5. The van der Waals surface area contributed by atoms with Crippen molar-refractivity contribution in [2.45, 2.75) is 26.4 Å². The summed E-state index contributed by atoms with van der Waals surface area (Å²) in [5, 5.41) is 11.9. The van der Waals surface area contributed by atoms with Crippen molar-refractivity contribution >= 4 is 29.1 Å². The molecular formula is C26H23ClN2O4. The number of amides is 1. The molecule has 1 aromatic heterocycles. The molecule has 3 aromatic rings. The van der Waals surface area contributed by atoms with Crippen LogP contribution in [0.4, 0.5) is 0 Å². The molecule has 1 unspecified atom stereocenters. The monoisotopic (exact) mass is 462 g/mol. The number of Topliss-reactive ketones (excluding diaryl/α,β-unsaturated/α-hetero) is 1. The van der Waals surface area contributed by atoms with Crippen LogP contribution in [0.1, 0.15) is 33.9 Å². The summed E-state index contributed by atoms with van der Waals surface area (Å²) < 4.78 is 5.36. The maximum Gasteiger partial charge on any atom is 0.295 e. The van der Waals surface area contributed by atoms with Crippen LogP contribution < -0.4 is 4.74 Å². The van der Waals surface area contributed by atoms with E-state index in [1.165, 1.54) is 4.90 Å². The standard InChI is InChI=1S/C26H23ClN2O4/c1-15-12-21(33-3)16(2)11-20(15)24(30)22-23(18-6-8-19(27)9-7-18)29(26(32)25(22)31)14-17-5-4-10-28-13-17/h4-13,23,30H,14H2,1-3H3/b24-22+. The van der Waals surface area contributed by atoms with Crippen molar-refractivity contribution in [1.82, 2.24) is 9.88 Å². The Balaban J connectivity index is 1.89. The number of aliphatic hydroxyl groups is 1. The van der Waals surface area contributed by atoms with Gasteiger partial charge in [0.2, 0.25) is 0 Å². The lowest BCUT2D eigenvalue weighted by molar-refractivity contribution is -0.140. The molecule has 2 aromatic carbocycles. The van der Waals surface area contributed by atoms with Gasteiger partial charge in [-0.2, -0.15) is 0 Å². The number of benzene rings is 2. The second kappa shape index (κ2) is 9.08. The van der Waals surface area contributed by atoms with Gasteiger partial charge in [0.25, 0.3) is 11.7 Å². The number of aromatic nitrogens is 1. The van der Waals surface area contributed by atoms with Crippen molar-refractivity contribution in [2.24, 2.45) is 0 Å². The number of methoxy groups -OCH3 is 1. The SMILES string of the molecule is COc1cc(C)c(/C(O)=C2\C(=O)C(=O)N(Cc3cccnc3)C2c2ccc(Cl)cc2)cc1C. The minimum absolute atomic E-state index is 0.0406. The van der Waals surface area contributed by atoms with Crippen molar-refractivity contribution in [3.8, 4) is 5.75 Å². The molecule has 1 fully saturated rings. The maximum atomic E-state index is 13.2. The van der Waals surface area contributed by atoms with Crippen LogP contribution >= 0.6 is 11.6 Å². The van der Waals surface area contributed by atoms with Crippen LogP contribution in [-0.4, -0.2) is 33.8 Å².